The molecule has 6 heteroatoms. The largest absolute Gasteiger partial charge is 0.466 e. The van der Waals surface area contributed by atoms with Crippen LogP contribution in [0.5, 0.6) is 0 Å². The second-order valence-corrected chi connectivity index (χ2v) is 15.2. The number of rotatable bonds is 8. The molecule has 1 N–H and O–H groups in total. The Morgan fingerprint density at radius 1 is 1.02 bits per heavy atom. The lowest BCUT2D eigenvalue weighted by molar-refractivity contribution is -0.165. The summed E-state index contributed by atoms with van der Waals surface area (Å²) in [7, 11) is 0. The summed E-state index contributed by atoms with van der Waals surface area (Å²) < 4.78 is 17.3. The van der Waals surface area contributed by atoms with Crippen LogP contribution >= 0.6 is 0 Å². The fourth-order valence-electron chi connectivity index (χ4n) is 9.97. The summed E-state index contributed by atoms with van der Waals surface area (Å²) in [6.07, 6.45) is 13.2. The van der Waals surface area contributed by atoms with Gasteiger partial charge in [0.15, 0.2) is 0 Å². The Morgan fingerprint density at radius 3 is 2.38 bits per heavy atom. The van der Waals surface area contributed by atoms with Crippen LogP contribution in [0.4, 0.5) is 0 Å². The van der Waals surface area contributed by atoms with Gasteiger partial charge in [-0.2, -0.15) is 0 Å². The van der Waals surface area contributed by atoms with Gasteiger partial charge < -0.3 is 19.3 Å². The zero-order chi connectivity index (χ0) is 29.3. The average molecular weight is 557 g/mol. The summed E-state index contributed by atoms with van der Waals surface area (Å²) in [5.41, 5.74) is 2.80. The molecule has 5 aliphatic rings. The van der Waals surface area contributed by atoms with E-state index in [0.717, 1.165) is 51.4 Å². The van der Waals surface area contributed by atoms with Crippen molar-refractivity contribution in [1.29, 1.82) is 0 Å². The molecule has 40 heavy (non-hydrogen) atoms. The second kappa shape index (κ2) is 9.97. The van der Waals surface area contributed by atoms with Gasteiger partial charge in [0.05, 0.1) is 19.3 Å². The van der Waals surface area contributed by atoms with Gasteiger partial charge >= 0.3 is 11.9 Å². The fourth-order valence-corrected chi connectivity index (χ4v) is 9.97. The second-order valence-electron chi connectivity index (χ2n) is 15.2. The van der Waals surface area contributed by atoms with E-state index >= 15 is 0 Å². The summed E-state index contributed by atoms with van der Waals surface area (Å²) >= 11 is 0. The lowest BCUT2D eigenvalue weighted by atomic mass is 9.44. The lowest BCUT2D eigenvalue weighted by Crippen LogP contribution is -2.55. The van der Waals surface area contributed by atoms with Crippen molar-refractivity contribution in [1.82, 2.24) is 0 Å². The van der Waals surface area contributed by atoms with Gasteiger partial charge in [-0.1, -0.05) is 46.8 Å². The number of allylic oxidation sites excluding steroid dienone is 4. The normalized spacial score (nSPS) is 43.8. The molecule has 0 amide bonds. The summed E-state index contributed by atoms with van der Waals surface area (Å²) in [6, 6.07) is 0. The molecule has 3 fully saturated rings. The number of aliphatic hydroxyl groups excluding tert-OH is 1. The third-order valence-electron chi connectivity index (χ3n) is 12.8. The number of hydrogen-bond donors (Lipinski definition) is 1. The third kappa shape index (κ3) is 4.51. The van der Waals surface area contributed by atoms with E-state index in [0.29, 0.717) is 18.4 Å². The summed E-state index contributed by atoms with van der Waals surface area (Å²) in [4.78, 5) is 23.7. The first-order chi connectivity index (χ1) is 18.6. The van der Waals surface area contributed by atoms with Crippen molar-refractivity contribution in [2.45, 2.75) is 125 Å². The SMILES string of the molecule is CC(=O)OC[C@H](CCC1OC1(C)CO)[C@H]1CC[C@@]2(C)C3=CC[C@H]4C(C)(C)[C@@H](OC(C)=O)CC[C@]4(C)C3=CC[C@]12C. The van der Waals surface area contributed by atoms with E-state index in [2.05, 4.69) is 46.8 Å². The highest BCUT2D eigenvalue weighted by molar-refractivity contribution is 5.66. The number of esters is 2. The average Bonchev–Trinajstić information content (AvgIpc) is 3.45. The summed E-state index contributed by atoms with van der Waals surface area (Å²) in [6.45, 7) is 17.6. The monoisotopic (exact) mass is 556 g/mol. The molecule has 4 aliphatic carbocycles. The maximum atomic E-state index is 11.9. The number of ether oxygens (including phenoxy) is 3. The standard InChI is InChI=1S/C34H52O6/c1-21(36)38-19-23(9-12-29-34(8,20-35)40-29)24-13-17-33(7)26-10-11-27-30(3,4)28(39-22(2)37)15-16-31(27,5)25(26)14-18-32(24,33)6/h10,14,23-24,27-29,35H,9,11-13,15-20H2,1-8H3/t23-,24+,27-,28-,29?,31+,32+,33-,34?/m0/s1. The molecule has 1 aliphatic heterocycles. The molecule has 0 bridgehead atoms. The molecule has 1 heterocycles. The van der Waals surface area contributed by atoms with Crippen LogP contribution in [-0.2, 0) is 23.8 Å². The third-order valence-corrected chi connectivity index (χ3v) is 12.8. The fraction of sp³-hybridized carbons (Fsp3) is 0.824. The smallest absolute Gasteiger partial charge is 0.302 e. The van der Waals surface area contributed by atoms with E-state index in [1.165, 1.54) is 13.8 Å². The van der Waals surface area contributed by atoms with E-state index in [4.69, 9.17) is 14.2 Å². The molecule has 5 rings (SSSR count). The molecule has 0 aromatic heterocycles. The molecule has 0 aromatic carbocycles. The van der Waals surface area contributed by atoms with E-state index in [1.54, 1.807) is 11.1 Å². The van der Waals surface area contributed by atoms with Crippen LogP contribution in [0.2, 0.25) is 0 Å². The first-order valence-electron chi connectivity index (χ1n) is 15.6. The topological polar surface area (TPSA) is 85.4 Å². The van der Waals surface area contributed by atoms with Gasteiger partial charge in [-0.05, 0) is 103 Å². The predicted octanol–water partition coefficient (Wildman–Crippen LogP) is 6.55. The van der Waals surface area contributed by atoms with Crippen molar-refractivity contribution in [3.05, 3.63) is 23.3 Å². The highest BCUT2D eigenvalue weighted by Gasteiger charge is 2.64. The van der Waals surface area contributed by atoms with Crippen molar-refractivity contribution < 1.29 is 28.9 Å². The minimum absolute atomic E-state index is 0.0379. The maximum absolute atomic E-state index is 11.9. The maximum Gasteiger partial charge on any atom is 0.302 e. The zero-order valence-electron chi connectivity index (χ0n) is 26.1. The Kier molecular flexibility index (Phi) is 7.43. The Morgan fingerprint density at radius 2 is 1.75 bits per heavy atom. The molecule has 2 unspecified atom stereocenters. The van der Waals surface area contributed by atoms with Gasteiger partial charge in [-0.3, -0.25) is 9.59 Å². The highest BCUT2D eigenvalue weighted by atomic mass is 16.6. The van der Waals surface area contributed by atoms with Crippen molar-refractivity contribution >= 4 is 11.9 Å². The number of carbonyl (C=O) groups excluding carboxylic acids is 2. The minimum Gasteiger partial charge on any atom is -0.466 e. The van der Waals surface area contributed by atoms with Gasteiger partial charge in [0.1, 0.15) is 11.7 Å². The number of carbonyl (C=O) groups is 2. The first kappa shape index (κ1) is 29.8. The minimum atomic E-state index is -0.413. The van der Waals surface area contributed by atoms with Crippen LogP contribution in [-0.4, -0.2) is 48.1 Å². The Balaban J connectivity index is 1.42. The molecule has 0 spiro atoms. The number of epoxide rings is 1. The van der Waals surface area contributed by atoms with Gasteiger partial charge in [0, 0.05) is 19.3 Å². The lowest BCUT2D eigenvalue weighted by Gasteiger charge is -2.61. The van der Waals surface area contributed by atoms with Crippen LogP contribution in [0.3, 0.4) is 0 Å². The van der Waals surface area contributed by atoms with Gasteiger partial charge in [-0.25, -0.2) is 0 Å². The van der Waals surface area contributed by atoms with Crippen LogP contribution < -0.4 is 0 Å². The van der Waals surface area contributed by atoms with Crippen molar-refractivity contribution in [3.63, 3.8) is 0 Å². The highest BCUT2D eigenvalue weighted by Crippen LogP contribution is 2.72. The molecule has 6 nitrogen and oxygen atoms in total. The molecule has 2 saturated carbocycles. The Hall–Kier alpha value is -1.66. The molecule has 1 saturated heterocycles. The number of fused-ring (bicyclic) bond motifs is 5. The van der Waals surface area contributed by atoms with Crippen LogP contribution in [0.25, 0.3) is 0 Å². The predicted molar refractivity (Wildman–Crippen MR) is 154 cm³/mol. The zero-order valence-corrected chi connectivity index (χ0v) is 26.1. The molecule has 9 atom stereocenters. The van der Waals surface area contributed by atoms with Gasteiger partial charge in [0.25, 0.3) is 0 Å². The van der Waals surface area contributed by atoms with E-state index < -0.39 is 5.60 Å². The Labute approximate surface area is 241 Å². The molecular formula is C34H52O6. The van der Waals surface area contributed by atoms with Gasteiger partial charge in [-0.15, -0.1) is 0 Å². The Bertz CT molecular complexity index is 1110. The van der Waals surface area contributed by atoms with Crippen LogP contribution in [0, 0.1) is 39.4 Å². The molecule has 0 aromatic rings. The van der Waals surface area contributed by atoms with E-state index in [9.17, 15) is 14.7 Å². The summed E-state index contributed by atoms with van der Waals surface area (Å²) in [5.74, 6) is 0.739. The molecular weight excluding hydrogens is 504 g/mol. The molecule has 0 radical (unpaired) electrons. The van der Waals surface area contributed by atoms with Gasteiger partial charge in [0.2, 0.25) is 0 Å². The first-order valence-corrected chi connectivity index (χ1v) is 15.6. The van der Waals surface area contributed by atoms with E-state index in [-0.39, 0.29) is 58.3 Å². The molecule has 224 valence electrons. The quantitative estimate of drug-likeness (QED) is 0.269. The van der Waals surface area contributed by atoms with E-state index in [1.807, 2.05) is 6.92 Å². The van der Waals surface area contributed by atoms with Crippen molar-refractivity contribution in [2.24, 2.45) is 39.4 Å². The summed E-state index contributed by atoms with van der Waals surface area (Å²) in [5, 5.41) is 9.69. The van der Waals surface area contributed by atoms with Crippen LogP contribution in [0.1, 0.15) is 107 Å². The number of aliphatic hydroxyl groups is 1. The number of hydrogen-bond acceptors (Lipinski definition) is 6. The van der Waals surface area contributed by atoms with Crippen molar-refractivity contribution in [2.75, 3.05) is 13.2 Å². The van der Waals surface area contributed by atoms with Crippen molar-refractivity contribution in [3.8, 4) is 0 Å². The van der Waals surface area contributed by atoms with Crippen LogP contribution in [0.15, 0.2) is 23.3 Å².